The van der Waals surface area contributed by atoms with Gasteiger partial charge >= 0.3 is 5.97 Å². The summed E-state index contributed by atoms with van der Waals surface area (Å²) in [5.41, 5.74) is -0.738. The van der Waals surface area contributed by atoms with Gasteiger partial charge in [0, 0.05) is 4.88 Å². The number of esters is 1. The van der Waals surface area contributed by atoms with Crippen molar-refractivity contribution in [2.24, 2.45) is 5.41 Å². The predicted molar refractivity (Wildman–Crippen MR) is 79.2 cm³/mol. The molecule has 0 bridgehead atoms. The fourth-order valence-corrected chi connectivity index (χ4v) is 3.44. The lowest BCUT2D eigenvalue weighted by molar-refractivity contribution is -0.175. The van der Waals surface area contributed by atoms with Gasteiger partial charge in [-0.25, -0.2) is 0 Å². The lowest BCUT2D eigenvalue weighted by Gasteiger charge is -2.38. The Balaban J connectivity index is 2.22. The van der Waals surface area contributed by atoms with E-state index in [0.29, 0.717) is 0 Å². The highest BCUT2D eigenvalue weighted by molar-refractivity contribution is 7.10. The number of carbonyl (C=O) groups excluding carboxylic acids is 1. The van der Waals surface area contributed by atoms with Gasteiger partial charge < -0.3 is 4.74 Å². The van der Waals surface area contributed by atoms with Crippen LogP contribution in [0, 0.1) is 5.41 Å². The van der Waals surface area contributed by atoms with Crippen LogP contribution in [0.4, 0.5) is 0 Å². The van der Waals surface area contributed by atoms with Gasteiger partial charge in [-0.15, -0.1) is 11.3 Å². The molecule has 0 amide bonds. The summed E-state index contributed by atoms with van der Waals surface area (Å²) in [6, 6.07) is 4.16. The molecule has 1 aromatic heterocycles. The molecular weight excluding hydrogens is 256 g/mol. The normalized spacial score (nSPS) is 19.1. The zero-order valence-electron chi connectivity index (χ0n) is 12.2. The number of hydrogen-bond acceptors (Lipinski definition) is 3. The molecule has 106 valence electrons. The highest BCUT2D eigenvalue weighted by Crippen LogP contribution is 2.44. The largest absolute Gasteiger partial charge is 0.453 e. The Bertz CT molecular complexity index is 414. The van der Waals surface area contributed by atoms with Crippen LogP contribution in [-0.4, -0.2) is 5.97 Å². The minimum absolute atomic E-state index is 0.0506. The molecule has 2 rings (SSSR count). The molecule has 3 heteroatoms. The first-order valence-corrected chi connectivity index (χ1v) is 8.15. The van der Waals surface area contributed by atoms with Gasteiger partial charge in [-0.05, 0) is 57.4 Å². The monoisotopic (exact) mass is 280 g/mol. The molecule has 0 saturated heterocycles. The van der Waals surface area contributed by atoms with Crippen molar-refractivity contribution in [2.75, 3.05) is 0 Å². The highest BCUT2D eigenvalue weighted by Gasteiger charge is 2.41. The minimum Gasteiger partial charge on any atom is -0.453 e. The van der Waals surface area contributed by atoms with E-state index >= 15 is 0 Å². The first-order valence-electron chi connectivity index (χ1n) is 7.28. The van der Waals surface area contributed by atoms with Crippen LogP contribution in [0.15, 0.2) is 17.5 Å². The third kappa shape index (κ3) is 3.02. The van der Waals surface area contributed by atoms with E-state index in [1.165, 1.54) is 11.3 Å². The van der Waals surface area contributed by atoms with Crippen LogP contribution < -0.4 is 0 Å². The van der Waals surface area contributed by atoms with Crippen molar-refractivity contribution >= 4 is 17.3 Å². The Kier molecular flexibility index (Phi) is 4.34. The zero-order valence-corrected chi connectivity index (χ0v) is 13.0. The third-order valence-electron chi connectivity index (χ3n) is 4.36. The van der Waals surface area contributed by atoms with Crippen molar-refractivity contribution in [1.82, 2.24) is 0 Å². The minimum atomic E-state index is -0.387. The Morgan fingerprint density at radius 1 is 1.37 bits per heavy atom. The summed E-state index contributed by atoms with van der Waals surface area (Å²) in [5.74, 6) is -0.0506. The molecular formula is C16H24O2S. The van der Waals surface area contributed by atoms with Gasteiger partial charge in [0.15, 0.2) is 0 Å². The van der Waals surface area contributed by atoms with E-state index in [0.717, 1.165) is 32.1 Å². The van der Waals surface area contributed by atoms with Crippen molar-refractivity contribution in [3.05, 3.63) is 22.4 Å². The number of ether oxygens (including phenoxy) is 1. The molecule has 0 spiro atoms. The van der Waals surface area contributed by atoms with Crippen LogP contribution in [0.1, 0.15) is 64.2 Å². The van der Waals surface area contributed by atoms with Gasteiger partial charge in [0.05, 0.1) is 5.41 Å². The SMILES string of the molecule is CCC(C)(C)C(=O)OC1(c2cccs2)CCCCC1. The van der Waals surface area contributed by atoms with Crippen molar-refractivity contribution in [3.63, 3.8) is 0 Å². The Labute approximate surface area is 120 Å². The second kappa shape index (κ2) is 5.66. The number of hydrogen-bond donors (Lipinski definition) is 0. The molecule has 2 nitrogen and oxygen atoms in total. The topological polar surface area (TPSA) is 26.3 Å². The van der Waals surface area contributed by atoms with E-state index in [2.05, 4.69) is 17.5 Å². The maximum Gasteiger partial charge on any atom is 0.312 e. The summed E-state index contributed by atoms with van der Waals surface area (Å²) in [6.45, 7) is 5.99. The van der Waals surface area contributed by atoms with Gasteiger partial charge in [0.25, 0.3) is 0 Å². The van der Waals surface area contributed by atoms with E-state index in [-0.39, 0.29) is 17.0 Å². The van der Waals surface area contributed by atoms with E-state index in [4.69, 9.17) is 4.74 Å². The summed E-state index contributed by atoms with van der Waals surface area (Å²) >= 11 is 1.71. The summed E-state index contributed by atoms with van der Waals surface area (Å²) in [7, 11) is 0. The summed E-state index contributed by atoms with van der Waals surface area (Å²) < 4.78 is 6.05. The van der Waals surface area contributed by atoms with Crippen LogP contribution >= 0.6 is 11.3 Å². The van der Waals surface area contributed by atoms with Crippen LogP contribution in [-0.2, 0) is 15.1 Å². The first kappa shape index (κ1) is 14.6. The molecule has 19 heavy (non-hydrogen) atoms. The average Bonchev–Trinajstić information content (AvgIpc) is 2.94. The molecule has 0 radical (unpaired) electrons. The summed E-state index contributed by atoms with van der Waals surface area (Å²) in [5, 5.41) is 2.07. The Morgan fingerprint density at radius 2 is 2.05 bits per heavy atom. The van der Waals surface area contributed by atoms with Crippen molar-refractivity contribution in [2.45, 2.75) is 64.9 Å². The maximum atomic E-state index is 12.4. The van der Waals surface area contributed by atoms with E-state index < -0.39 is 0 Å². The standard InChI is InChI=1S/C16H24O2S/c1-4-15(2,3)14(17)18-16(10-6-5-7-11-16)13-9-8-12-19-13/h8-9,12H,4-7,10-11H2,1-3H3. The lowest BCUT2D eigenvalue weighted by atomic mass is 9.82. The van der Waals surface area contributed by atoms with Crippen molar-refractivity contribution in [3.8, 4) is 0 Å². The number of rotatable bonds is 4. The molecule has 1 heterocycles. The van der Waals surface area contributed by atoms with Crippen LogP contribution in [0.25, 0.3) is 0 Å². The molecule has 1 fully saturated rings. The quantitative estimate of drug-likeness (QED) is 0.734. The van der Waals surface area contributed by atoms with Crippen LogP contribution in [0.3, 0.4) is 0 Å². The molecule has 0 aromatic carbocycles. The molecule has 1 aliphatic rings. The molecule has 0 unspecified atom stereocenters. The van der Waals surface area contributed by atoms with Gasteiger partial charge in [-0.2, -0.15) is 0 Å². The molecule has 1 aliphatic carbocycles. The Hall–Kier alpha value is -0.830. The Morgan fingerprint density at radius 3 is 2.58 bits per heavy atom. The smallest absolute Gasteiger partial charge is 0.312 e. The zero-order chi connectivity index (χ0) is 13.9. The fraction of sp³-hybridized carbons (Fsp3) is 0.688. The average molecular weight is 280 g/mol. The lowest BCUT2D eigenvalue weighted by Crippen LogP contribution is -2.38. The van der Waals surface area contributed by atoms with E-state index in [1.807, 2.05) is 20.8 Å². The van der Waals surface area contributed by atoms with Gasteiger partial charge in [0.2, 0.25) is 0 Å². The highest BCUT2D eigenvalue weighted by atomic mass is 32.1. The van der Waals surface area contributed by atoms with E-state index in [1.54, 1.807) is 11.3 Å². The van der Waals surface area contributed by atoms with Gasteiger partial charge in [-0.3, -0.25) is 4.79 Å². The molecule has 0 aliphatic heterocycles. The van der Waals surface area contributed by atoms with Crippen molar-refractivity contribution in [1.29, 1.82) is 0 Å². The summed E-state index contributed by atoms with van der Waals surface area (Å²) in [6.07, 6.45) is 6.31. The van der Waals surface area contributed by atoms with Gasteiger partial charge in [0.1, 0.15) is 5.60 Å². The number of thiophene rings is 1. The molecule has 1 saturated carbocycles. The van der Waals surface area contributed by atoms with Crippen LogP contribution in [0.5, 0.6) is 0 Å². The second-order valence-electron chi connectivity index (χ2n) is 6.16. The third-order valence-corrected chi connectivity index (χ3v) is 5.41. The molecule has 0 N–H and O–H groups in total. The summed E-state index contributed by atoms with van der Waals surface area (Å²) in [4.78, 5) is 13.7. The predicted octanol–water partition coefficient (Wildman–Crippen LogP) is 4.89. The second-order valence-corrected chi connectivity index (χ2v) is 7.11. The first-order chi connectivity index (χ1) is 9.00. The molecule has 1 aromatic rings. The molecule has 0 atom stereocenters. The van der Waals surface area contributed by atoms with Crippen molar-refractivity contribution < 1.29 is 9.53 Å². The van der Waals surface area contributed by atoms with E-state index in [9.17, 15) is 4.79 Å². The maximum absolute atomic E-state index is 12.4. The fourth-order valence-electron chi connectivity index (χ4n) is 2.52. The van der Waals surface area contributed by atoms with Crippen LogP contribution in [0.2, 0.25) is 0 Å². The van der Waals surface area contributed by atoms with Gasteiger partial charge in [-0.1, -0.05) is 19.4 Å². The number of carbonyl (C=O) groups is 1.